The second kappa shape index (κ2) is 8.64. The molecular formula is C24H18N2O2. The van der Waals surface area contributed by atoms with Crippen LogP contribution in [0.2, 0.25) is 0 Å². The summed E-state index contributed by atoms with van der Waals surface area (Å²) >= 11 is 0. The maximum absolute atomic E-state index is 6.12. The molecule has 0 aromatic heterocycles. The fourth-order valence-corrected chi connectivity index (χ4v) is 2.59. The van der Waals surface area contributed by atoms with E-state index in [2.05, 4.69) is 10.2 Å². The van der Waals surface area contributed by atoms with Crippen LogP contribution in [-0.2, 0) is 0 Å². The van der Waals surface area contributed by atoms with E-state index < -0.39 is 0 Å². The standard InChI is InChI=1S/C24H18N2O2/c1-4-11-19(12-5-1)25-26-22-17-10-18-23(27-20-13-6-2-7-14-20)24(22)28-21-15-8-3-9-16-21/h1-18H. The van der Waals surface area contributed by atoms with E-state index in [4.69, 9.17) is 9.47 Å². The van der Waals surface area contributed by atoms with Gasteiger partial charge in [0.15, 0.2) is 11.5 Å². The van der Waals surface area contributed by atoms with Crippen molar-refractivity contribution in [2.24, 2.45) is 10.2 Å². The summed E-state index contributed by atoms with van der Waals surface area (Å²) in [7, 11) is 0. The zero-order valence-corrected chi connectivity index (χ0v) is 15.1. The highest BCUT2D eigenvalue weighted by Crippen LogP contribution is 2.42. The van der Waals surface area contributed by atoms with Crippen molar-refractivity contribution in [3.63, 3.8) is 0 Å². The minimum absolute atomic E-state index is 0.511. The Morgan fingerprint density at radius 1 is 0.464 bits per heavy atom. The van der Waals surface area contributed by atoms with Crippen LogP contribution in [0.4, 0.5) is 11.4 Å². The van der Waals surface area contributed by atoms with Crippen molar-refractivity contribution in [2.45, 2.75) is 0 Å². The van der Waals surface area contributed by atoms with Crippen molar-refractivity contribution in [1.29, 1.82) is 0 Å². The average molecular weight is 366 g/mol. The molecule has 0 heterocycles. The SMILES string of the molecule is c1ccc(N=Nc2cccc(Oc3ccccc3)c2Oc2ccccc2)cc1. The average Bonchev–Trinajstić information content (AvgIpc) is 2.76. The number of azo groups is 1. The van der Waals surface area contributed by atoms with Crippen molar-refractivity contribution < 1.29 is 9.47 Å². The van der Waals surface area contributed by atoms with Crippen LogP contribution in [0.1, 0.15) is 0 Å². The van der Waals surface area contributed by atoms with Gasteiger partial charge in [-0.1, -0.05) is 60.7 Å². The topological polar surface area (TPSA) is 43.2 Å². The van der Waals surface area contributed by atoms with Gasteiger partial charge in [0.25, 0.3) is 0 Å². The summed E-state index contributed by atoms with van der Waals surface area (Å²) in [6.45, 7) is 0. The molecule has 0 saturated heterocycles. The molecule has 4 aromatic carbocycles. The molecule has 0 aliphatic heterocycles. The van der Waals surface area contributed by atoms with E-state index >= 15 is 0 Å². The molecule has 0 fully saturated rings. The van der Waals surface area contributed by atoms with Crippen LogP contribution in [0.25, 0.3) is 0 Å². The van der Waals surface area contributed by atoms with Crippen molar-refractivity contribution in [1.82, 2.24) is 0 Å². The second-order valence-electron chi connectivity index (χ2n) is 5.97. The van der Waals surface area contributed by atoms with E-state index in [0.717, 1.165) is 11.4 Å². The molecule has 0 N–H and O–H groups in total. The van der Waals surface area contributed by atoms with Gasteiger partial charge in [-0.2, -0.15) is 5.11 Å². The lowest BCUT2D eigenvalue weighted by Gasteiger charge is -2.14. The molecule has 0 spiro atoms. The molecule has 4 heteroatoms. The fourth-order valence-electron chi connectivity index (χ4n) is 2.59. The van der Waals surface area contributed by atoms with Gasteiger partial charge < -0.3 is 9.47 Å². The minimum atomic E-state index is 0.511. The molecule has 0 amide bonds. The van der Waals surface area contributed by atoms with E-state index in [1.807, 2.05) is 109 Å². The Morgan fingerprint density at radius 2 is 1.04 bits per heavy atom. The summed E-state index contributed by atoms with van der Waals surface area (Å²) in [5, 5.41) is 8.71. The zero-order chi connectivity index (χ0) is 19.0. The number of benzene rings is 4. The summed E-state index contributed by atoms with van der Waals surface area (Å²) in [6, 6.07) is 34.3. The third-order valence-electron chi connectivity index (χ3n) is 3.92. The lowest BCUT2D eigenvalue weighted by atomic mass is 10.2. The lowest BCUT2D eigenvalue weighted by molar-refractivity contribution is 0.419. The molecule has 0 aliphatic carbocycles. The summed E-state index contributed by atoms with van der Waals surface area (Å²) in [5.41, 5.74) is 1.35. The fraction of sp³-hybridized carbons (Fsp3) is 0. The maximum atomic E-state index is 6.12. The predicted molar refractivity (Wildman–Crippen MR) is 110 cm³/mol. The third kappa shape index (κ3) is 4.43. The number of hydrogen-bond acceptors (Lipinski definition) is 4. The first-order valence-electron chi connectivity index (χ1n) is 8.94. The summed E-state index contributed by atoms with van der Waals surface area (Å²) < 4.78 is 12.2. The van der Waals surface area contributed by atoms with Crippen LogP contribution in [0.3, 0.4) is 0 Å². The molecule has 0 atom stereocenters. The Labute approximate surface area is 163 Å². The first-order chi connectivity index (χ1) is 13.9. The monoisotopic (exact) mass is 366 g/mol. The van der Waals surface area contributed by atoms with Crippen molar-refractivity contribution in [3.05, 3.63) is 109 Å². The van der Waals surface area contributed by atoms with Crippen molar-refractivity contribution in [2.75, 3.05) is 0 Å². The van der Waals surface area contributed by atoms with E-state index in [9.17, 15) is 0 Å². The smallest absolute Gasteiger partial charge is 0.197 e. The van der Waals surface area contributed by atoms with Crippen molar-refractivity contribution >= 4 is 11.4 Å². The van der Waals surface area contributed by atoms with Gasteiger partial charge in [-0.15, -0.1) is 5.11 Å². The van der Waals surface area contributed by atoms with Gasteiger partial charge >= 0.3 is 0 Å². The maximum Gasteiger partial charge on any atom is 0.197 e. The van der Waals surface area contributed by atoms with Gasteiger partial charge in [-0.05, 0) is 48.5 Å². The summed E-state index contributed by atoms with van der Waals surface area (Å²) in [6.07, 6.45) is 0. The second-order valence-corrected chi connectivity index (χ2v) is 5.97. The summed E-state index contributed by atoms with van der Waals surface area (Å²) in [5.74, 6) is 2.50. The number of hydrogen-bond donors (Lipinski definition) is 0. The van der Waals surface area contributed by atoms with Crippen LogP contribution in [0, 0.1) is 0 Å². The highest BCUT2D eigenvalue weighted by atomic mass is 16.5. The van der Waals surface area contributed by atoms with E-state index in [-0.39, 0.29) is 0 Å². The van der Waals surface area contributed by atoms with Crippen LogP contribution < -0.4 is 9.47 Å². The highest BCUT2D eigenvalue weighted by molar-refractivity contribution is 5.61. The quantitative estimate of drug-likeness (QED) is 0.328. The van der Waals surface area contributed by atoms with Crippen LogP contribution in [0.5, 0.6) is 23.0 Å². The highest BCUT2D eigenvalue weighted by Gasteiger charge is 2.13. The molecule has 28 heavy (non-hydrogen) atoms. The predicted octanol–water partition coefficient (Wildman–Crippen LogP) is 7.69. The van der Waals surface area contributed by atoms with Crippen LogP contribution >= 0.6 is 0 Å². The molecular weight excluding hydrogens is 348 g/mol. The Hall–Kier alpha value is -3.92. The molecule has 0 radical (unpaired) electrons. The molecule has 0 aliphatic rings. The molecule has 136 valence electrons. The third-order valence-corrected chi connectivity index (χ3v) is 3.92. The summed E-state index contributed by atoms with van der Waals surface area (Å²) in [4.78, 5) is 0. The van der Waals surface area contributed by atoms with Gasteiger partial charge in [-0.3, -0.25) is 0 Å². The number of ether oxygens (including phenoxy) is 2. The molecule has 0 unspecified atom stereocenters. The number of nitrogens with zero attached hydrogens (tertiary/aromatic N) is 2. The normalized spacial score (nSPS) is 10.7. The molecule has 0 bridgehead atoms. The van der Waals surface area contributed by atoms with Gasteiger partial charge in [-0.25, -0.2) is 0 Å². The van der Waals surface area contributed by atoms with E-state index in [1.165, 1.54) is 0 Å². The first-order valence-corrected chi connectivity index (χ1v) is 8.94. The Morgan fingerprint density at radius 3 is 1.68 bits per heavy atom. The van der Waals surface area contributed by atoms with Gasteiger partial charge in [0.05, 0.1) is 5.69 Å². The molecule has 4 aromatic rings. The van der Waals surface area contributed by atoms with Gasteiger partial charge in [0.1, 0.15) is 17.2 Å². The largest absolute Gasteiger partial charge is 0.453 e. The Kier molecular flexibility index (Phi) is 5.40. The Balaban J connectivity index is 1.72. The zero-order valence-electron chi connectivity index (χ0n) is 15.1. The van der Waals surface area contributed by atoms with E-state index in [1.54, 1.807) is 0 Å². The minimum Gasteiger partial charge on any atom is -0.453 e. The van der Waals surface area contributed by atoms with Gasteiger partial charge in [0.2, 0.25) is 0 Å². The first kappa shape index (κ1) is 17.5. The van der Waals surface area contributed by atoms with Crippen LogP contribution in [0.15, 0.2) is 119 Å². The van der Waals surface area contributed by atoms with Gasteiger partial charge in [0, 0.05) is 0 Å². The van der Waals surface area contributed by atoms with Crippen molar-refractivity contribution in [3.8, 4) is 23.0 Å². The lowest BCUT2D eigenvalue weighted by Crippen LogP contribution is -1.91. The molecule has 0 saturated carbocycles. The Bertz CT molecular complexity index is 1050. The number of para-hydroxylation sites is 3. The van der Waals surface area contributed by atoms with E-state index in [0.29, 0.717) is 22.9 Å². The van der Waals surface area contributed by atoms with Crippen LogP contribution in [-0.4, -0.2) is 0 Å². The number of rotatable bonds is 6. The molecule has 4 rings (SSSR count). The molecule has 4 nitrogen and oxygen atoms in total.